The molecule has 0 fully saturated rings. The fourth-order valence-electron chi connectivity index (χ4n) is 2.38. The molecule has 2 rings (SSSR count). The van der Waals surface area contributed by atoms with Gasteiger partial charge in [-0.05, 0) is 32.4 Å². The third-order valence-electron chi connectivity index (χ3n) is 3.81. The Hall–Kier alpha value is -1.79. The van der Waals surface area contributed by atoms with Crippen LogP contribution in [0.25, 0.3) is 0 Å². The number of carbonyl (C=O) groups excluding carboxylic acids is 1. The molecule has 0 saturated carbocycles. The number of aromatic nitrogens is 1. The van der Waals surface area contributed by atoms with E-state index in [1.54, 1.807) is 17.8 Å². The molecule has 0 spiro atoms. The number of hydrogen-bond acceptors (Lipinski definition) is 5. The van der Waals surface area contributed by atoms with Crippen LogP contribution in [0.3, 0.4) is 0 Å². The number of hydrogen-bond donors (Lipinski definition) is 2. The summed E-state index contributed by atoms with van der Waals surface area (Å²) >= 11 is 1.58. The van der Waals surface area contributed by atoms with Crippen LogP contribution in [-0.2, 0) is 5.75 Å². The first-order valence-electron chi connectivity index (χ1n) is 8.12. The van der Waals surface area contributed by atoms with E-state index >= 15 is 0 Å². The molecular weight excluding hydrogens is 324 g/mol. The van der Waals surface area contributed by atoms with Crippen LogP contribution in [0, 0.1) is 13.8 Å². The molecule has 0 aliphatic rings. The minimum Gasteiger partial charge on any atom is -0.391 e. The molecule has 1 heterocycles. The maximum absolute atomic E-state index is 12.4. The van der Waals surface area contributed by atoms with Gasteiger partial charge in [0.2, 0.25) is 0 Å². The molecule has 1 aromatic heterocycles. The second-order valence-corrected chi connectivity index (χ2v) is 6.76. The summed E-state index contributed by atoms with van der Waals surface area (Å²) in [4.78, 5) is 13.3. The van der Waals surface area contributed by atoms with Gasteiger partial charge in [-0.25, -0.2) is 0 Å². The highest BCUT2D eigenvalue weighted by atomic mass is 32.2. The van der Waals surface area contributed by atoms with Crippen molar-refractivity contribution >= 4 is 17.7 Å². The van der Waals surface area contributed by atoms with Crippen LogP contribution >= 0.6 is 11.8 Å². The van der Waals surface area contributed by atoms with E-state index in [0.717, 1.165) is 28.3 Å². The van der Waals surface area contributed by atoms with Gasteiger partial charge in [0.1, 0.15) is 5.76 Å². The summed E-state index contributed by atoms with van der Waals surface area (Å²) in [6.45, 7) is 6.09. The Morgan fingerprint density at radius 1 is 1.38 bits per heavy atom. The first kappa shape index (κ1) is 18.5. The number of nitrogens with one attached hydrogen (secondary N) is 1. The zero-order valence-electron chi connectivity index (χ0n) is 14.3. The molecule has 0 aliphatic heterocycles. The van der Waals surface area contributed by atoms with Crippen molar-refractivity contribution in [3.8, 4) is 0 Å². The van der Waals surface area contributed by atoms with Gasteiger partial charge in [0.15, 0.2) is 0 Å². The van der Waals surface area contributed by atoms with E-state index in [1.165, 1.54) is 0 Å². The number of nitrogens with zero attached hydrogens (tertiary/aromatic N) is 1. The molecule has 1 unspecified atom stereocenters. The summed E-state index contributed by atoms with van der Waals surface area (Å²) < 4.78 is 5.18. The van der Waals surface area contributed by atoms with E-state index in [2.05, 4.69) is 10.5 Å². The van der Waals surface area contributed by atoms with Crippen molar-refractivity contribution in [2.45, 2.75) is 50.4 Å². The Kier molecular flexibility index (Phi) is 6.87. The third kappa shape index (κ3) is 4.85. The lowest BCUT2D eigenvalue weighted by molar-refractivity contribution is 0.0907. The summed E-state index contributed by atoms with van der Waals surface area (Å²) in [5.41, 5.74) is 2.57. The zero-order valence-corrected chi connectivity index (χ0v) is 15.2. The van der Waals surface area contributed by atoms with E-state index in [9.17, 15) is 9.90 Å². The second-order valence-electron chi connectivity index (χ2n) is 5.74. The summed E-state index contributed by atoms with van der Waals surface area (Å²) in [7, 11) is 0. The summed E-state index contributed by atoms with van der Waals surface area (Å²) in [5, 5.41) is 16.5. The fraction of sp³-hybridized carbons (Fsp3) is 0.444. The van der Waals surface area contributed by atoms with Crippen molar-refractivity contribution in [3.05, 3.63) is 46.8 Å². The lowest BCUT2D eigenvalue weighted by atomic mass is 10.2. The van der Waals surface area contributed by atoms with Crippen LogP contribution in [-0.4, -0.2) is 28.8 Å². The van der Waals surface area contributed by atoms with Gasteiger partial charge in [0, 0.05) is 22.8 Å². The quantitative estimate of drug-likeness (QED) is 0.715. The Bertz CT molecular complexity index is 665. The first-order valence-corrected chi connectivity index (χ1v) is 9.11. The highest BCUT2D eigenvalue weighted by molar-refractivity contribution is 7.98. The highest BCUT2D eigenvalue weighted by Gasteiger charge is 2.15. The lowest BCUT2D eigenvalue weighted by Crippen LogP contribution is -2.32. The van der Waals surface area contributed by atoms with Gasteiger partial charge in [-0.1, -0.05) is 30.6 Å². The molecule has 24 heavy (non-hydrogen) atoms. The van der Waals surface area contributed by atoms with Gasteiger partial charge in [0.25, 0.3) is 5.91 Å². The number of aryl methyl sites for hydroxylation is 2. The summed E-state index contributed by atoms with van der Waals surface area (Å²) in [6.07, 6.45) is 1.07. The van der Waals surface area contributed by atoms with Crippen LogP contribution in [0.5, 0.6) is 0 Å². The number of aliphatic hydroxyl groups excluding tert-OH is 1. The van der Waals surface area contributed by atoms with E-state index < -0.39 is 6.10 Å². The number of rotatable bonds is 8. The Morgan fingerprint density at radius 3 is 2.79 bits per heavy atom. The summed E-state index contributed by atoms with van der Waals surface area (Å²) in [5.74, 6) is 1.35. The van der Waals surface area contributed by atoms with Gasteiger partial charge in [-0.3, -0.25) is 4.79 Å². The normalized spacial score (nSPS) is 12.2. The molecule has 5 nitrogen and oxygen atoms in total. The van der Waals surface area contributed by atoms with Crippen molar-refractivity contribution in [3.63, 3.8) is 0 Å². The predicted molar refractivity (Wildman–Crippen MR) is 95.2 cm³/mol. The van der Waals surface area contributed by atoms with Crippen molar-refractivity contribution in [2.24, 2.45) is 0 Å². The molecule has 6 heteroatoms. The molecule has 1 amide bonds. The minimum atomic E-state index is -0.499. The largest absolute Gasteiger partial charge is 0.391 e. The van der Waals surface area contributed by atoms with Crippen molar-refractivity contribution < 1.29 is 14.4 Å². The number of aliphatic hydroxyl groups is 1. The predicted octanol–water partition coefficient (Wildman–Crippen LogP) is 3.47. The SMILES string of the molecule is CCCC(O)CNC(=O)c1ccccc1SCc1c(C)noc1C. The van der Waals surface area contributed by atoms with Crippen LogP contribution in [0.1, 0.15) is 47.1 Å². The van der Waals surface area contributed by atoms with Gasteiger partial charge in [0.05, 0.1) is 17.4 Å². The lowest BCUT2D eigenvalue weighted by Gasteiger charge is -2.13. The molecule has 2 aromatic rings. The van der Waals surface area contributed by atoms with Crippen LogP contribution in [0.4, 0.5) is 0 Å². The smallest absolute Gasteiger partial charge is 0.252 e. The van der Waals surface area contributed by atoms with Crippen LogP contribution < -0.4 is 5.32 Å². The van der Waals surface area contributed by atoms with E-state index in [4.69, 9.17) is 4.52 Å². The first-order chi connectivity index (χ1) is 11.5. The minimum absolute atomic E-state index is 0.160. The van der Waals surface area contributed by atoms with Gasteiger partial charge in [-0.15, -0.1) is 11.8 Å². The molecule has 0 bridgehead atoms. The molecule has 1 aromatic carbocycles. The second kappa shape index (κ2) is 8.89. The Balaban J connectivity index is 2.03. The number of carbonyl (C=O) groups is 1. The number of amides is 1. The molecule has 2 N–H and O–H groups in total. The van der Waals surface area contributed by atoms with Gasteiger partial charge >= 0.3 is 0 Å². The Labute approximate surface area is 146 Å². The van der Waals surface area contributed by atoms with Crippen LogP contribution in [0.15, 0.2) is 33.7 Å². The molecule has 130 valence electrons. The molecule has 0 aliphatic carbocycles. The molecule has 1 atom stereocenters. The average Bonchev–Trinajstić information content (AvgIpc) is 2.89. The maximum atomic E-state index is 12.4. The summed E-state index contributed by atoms with van der Waals surface area (Å²) in [6, 6.07) is 7.49. The van der Waals surface area contributed by atoms with Crippen molar-refractivity contribution in [2.75, 3.05) is 6.54 Å². The van der Waals surface area contributed by atoms with Gasteiger partial charge < -0.3 is 14.9 Å². The van der Waals surface area contributed by atoms with E-state index in [0.29, 0.717) is 17.7 Å². The van der Waals surface area contributed by atoms with Crippen molar-refractivity contribution in [1.82, 2.24) is 10.5 Å². The van der Waals surface area contributed by atoms with E-state index in [-0.39, 0.29) is 12.5 Å². The number of thioether (sulfide) groups is 1. The highest BCUT2D eigenvalue weighted by Crippen LogP contribution is 2.28. The Morgan fingerprint density at radius 2 is 2.12 bits per heavy atom. The molecular formula is C18H24N2O3S. The van der Waals surface area contributed by atoms with E-state index in [1.807, 2.05) is 39.0 Å². The zero-order chi connectivity index (χ0) is 17.5. The molecule has 0 saturated heterocycles. The third-order valence-corrected chi connectivity index (χ3v) is 4.91. The molecule has 0 radical (unpaired) electrons. The maximum Gasteiger partial charge on any atom is 0.252 e. The van der Waals surface area contributed by atoms with Crippen LogP contribution in [0.2, 0.25) is 0 Å². The topological polar surface area (TPSA) is 75.4 Å². The monoisotopic (exact) mass is 348 g/mol. The number of benzene rings is 1. The average molecular weight is 348 g/mol. The fourth-order valence-corrected chi connectivity index (χ4v) is 3.58. The van der Waals surface area contributed by atoms with Gasteiger partial charge in [-0.2, -0.15) is 0 Å². The van der Waals surface area contributed by atoms with Crippen molar-refractivity contribution in [1.29, 1.82) is 0 Å². The standard InChI is InChI=1S/C18H24N2O3S/c1-4-7-14(21)10-19-18(22)15-8-5-6-9-17(15)24-11-16-12(2)20-23-13(16)3/h5-6,8-9,14,21H,4,7,10-11H2,1-3H3,(H,19,22).